The largest absolute Gasteiger partial charge is 0.493 e. The van der Waals surface area contributed by atoms with Crippen LogP contribution in [0.1, 0.15) is 38.2 Å². The molecule has 0 bridgehead atoms. The van der Waals surface area contributed by atoms with Gasteiger partial charge in [0.15, 0.2) is 11.5 Å². The number of rotatable bonds is 4. The van der Waals surface area contributed by atoms with Crippen molar-refractivity contribution >= 4 is 0 Å². The first kappa shape index (κ1) is 14.7. The quantitative estimate of drug-likeness (QED) is 0.926. The highest BCUT2D eigenvalue weighted by Crippen LogP contribution is 2.37. The second kappa shape index (κ2) is 6.24. The SMILES string of the molecule is COc1cc(C2(C)CCCN2)ccc1OC1CCOCC1. The van der Waals surface area contributed by atoms with Crippen molar-refractivity contribution in [3.05, 3.63) is 23.8 Å². The molecule has 1 N–H and O–H groups in total. The lowest BCUT2D eigenvalue weighted by Gasteiger charge is -2.27. The molecule has 0 radical (unpaired) electrons. The fraction of sp³-hybridized carbons (Fsp3) is 0.647. The van der Waals surface area contributed by atoms with Crippen molar-refractivity contribution in [1.82, 2.24) is 5.32 Å². The lowest BCUT2D eigenvalue weighted by atomic mass is 9.90. The first-order valence-corrected chi connectivity index (χ1v) is 7.89. The summed E-state index contributed by atoms with van der Waals surface area (Å²) in [4.78, 5) is 0. The van der Waals surface area contributed by atoms with Crippen LogP contribution in [0, 0.1) is 0 Å². The average Bonchev–Trinajstić information content (AvgIpc) is 2.96. The summed E-state index contributed by atoms with van der Waals surface area (Å²) in [7, 11) is 1.71. The number of ether oxygens (including phenoxy) is 3. The summed E-state index contributed by atoms with van der Waals surface area (Å²) in [6.07, 6.45) is 4.52. The highest BCUT2D eigenvalue weighted by molar-refractivity contribution is 5.45. The zero-order valence-corrected chi connectivity index (χ0v) is 13.0. The van der Waals surface area contributed by atoms with Crippen LogP contribution in [-0.2, 0) is 10.3 Å². The molecule has 116 valence electrons. The normalized spacial score (nSPS) is 26.8. The Bertz CT molecular complexity index is 477. The molecular formula is C17H25NO3. The Morgan fingerprint density at radius 3 is 2.71 bits per heavy atom. The maximum absolute atomic E-state index is 6.10. The molecule has 0 spiro atoms. The summed E-state index contributed by atoms with van der Waals surface area (Å²) in [6, 6.07) is 6.33. The van der Waals surface area contributed by atoms with Crippen LogP contribution in [-0.4, -0.2) is 33.0 Å². The molecule has 0 aliphatic carbocycles. The lowest BCUT2D eigenvalue weighted by Crippen LogP contribution is -2.33. The van der Waals surface area contributed by atoms with Crippen molar-refractivity contribution in [2.45, 2.75) is 44.2 Å². The number of hydrogen-bond donors (Lipinski definition) is 1. The molecule has 0 amide bonds. The van der Waals surface area contributed by atoms with Gasteiger partial charge in [0.1, 0.15) is 6.10 Å². The van der Waals surface area contributed by atoms with Crippen molar-refractivity contribution in [1.29, 1.82) is 0 Å². The van der Waals surface area contributed by atoms with Gasteiger partial charge in [0.2, 0.25) is 0 Å². The third-order valence-electron chi connectivity index (χ3n) is 4.63. The average molecular weight is 291 g/mol. The van der Waals surface area contributed by atoms with E-state index >= 15 is 0 Å². The Morgan fingerprint density at radius 1 is 1.24 bits per heavy atom. The van der Waals surface area contributed by atoms with Gasteiger partial charge in [0.25, 0.3) is 0 Å². The topological polar surface area (TPSA) is 39.7 Å². The van der Waals surface area contributed by atoms with Gasteiger partial charge >= 0.3 is 0 Å². The van der Waals surface area contributed by atoms with Gasteiger partial charge in [0, 0.05) is 18.4 Å². The monoisotopic (exact) mass is 291 g/mol. The molecule has 0 aromatic heterocycles. The Kier molecular flexibility index (Phi) is 4.36. The summed E-state index contributed by atoms with van der Waals surface area (Å²) in [5.74, 6) is 1.67. The van der Waals surface area contributed by atoms with Gasteiger partial charge in [-0.25, -0.2) is 0 Å². The Hall–Kier alpha value is -1.26. The number of hydrogen-bond acceptors (Lipinski definition) is 4. The van der Waals surface area contributed by atoms with Gasteiger partial charge in [0.05, 0.1) is 20.3 Å². The van der Waals surface area contributed by atoms with Gasteiger partial charge in [-0.3, -0.25) is 0 Å². The molecular weight excluding hydrogens is 266 g/mol. The van der Waals surface area contributed by atoms with E-state index in [0.29, 0.717) is 0 Å². The molecule has 3 rings (SSSR count). The Balaban J connectivity index is 1.78. The van der Waals surface area contributed by atoms with Crippen LogP contribution in [0.5, 0.6) is 11.5 Å². The van der Waals surface area contributed by atoms with Crippen molar-refractivity contribution in [2.24, 2.45) is 0 Å². The van der Waals surface area contributed by atoms with E-state index in [1.807, 2.05) is 0 Å². The highest BCUT2D eigenvalue weighted by Gasteiger charge is 2.30. The lowest BCUT2D eigenvalue weighted by molar-refractivity contribution is 0.0245. The standard InChI is InChI=1S/C17H25NO3/c1-17(8-3-9-18-17)13-4-5-15(16(12-13)19-2)21-14-6-10-20-11-7-14/h4-5,12,14,18H,3,6-11H2,1-2H3. The summed E-state index contributed by atoms with van der Waals surface area (Å²) < 4.78 is 17.0. The molecule has 1 atom stereocenters. The summed E-state index contributed by atoms with van der Waals surface area (Å²) in [5, 5.41) is 3.59. The fourth-order valence-corrected chi connectivity index (χ4v) is 3.22. The van der Waals surface area contributed by atoms with E-state index in [2.05, 4.69) is 30.4 Å². The van der Waals surface area contributed by atoms with Crippen molar-refractivity contribution in [3.63, 3.8) is 0 Å². The van der Waals surface area contributed by atoms with Gasteiger partial charge in [-0.15, -0.1) is 0 Å². The smallest absolute Gasteiger partial charge is 0.161 e. The van der Waals surface area contributed by atoms with Crippen LogP contribution in [0.4, 0.5) is 0 Å². The molecule has 21 heavy (non-hydrogen) atoms. The van der Waals surface area contributed by atoms with Crippen LogP contribution < -0.4 is 14.8 Å². The first-order valence-electron chi connectivity index (χ1n) is 7.89. The van der Waals surface area contributed by atoms with E-state index < -0.39 is 0 Å². The molecule has 1 aromatic rings. The second-order valence-corrected chi connectivity index (χ2v) is 6.16. The molecule has 2 aliphatic rings. The first-order chi connectivity index (χ1) is 10.2. The Labute approximate surface area is 126 Å². The highest BCUT2D eigenvalue weighted by atomic mass is 16.5. The number of methoxy groups -OCH3 is 1. The minimum atomic E-state index is 0.0600. The maximum Gasteiger partial charge on any atom is 0.161 e. The molecule has 2 saturated heterocycles. The predicted octanol–water partition coefficient (Wildman–Crippen LogP) is 2.85. The third kappa shape index (κ3) is 3.16. The van der Waals surface area contributed by atoms with Crippen molar-refractivity contribution in [2.75, 3.05) is 26.9 Å². The molecule has 4 heteroatoms. The molecule has 2 fully saturated rings. The van der Waals surface area contributed by atoms with Crippen LogP contribution in [0.2, 0.25) is 0 Å². The van der Waals surface area contributed by atoms with Crippen LogP contribution in [0.25, 0.3) is 0 Å². The zero-order chi connectivity index (χ0) is 14.7. The number of benzene rings is 1. The van der Waals surface area contributed by atoms with Crippen LogP contribution >= 0.6 is 0 Å². The van der Waals surface area contributed by atoms with E-state index in [1.54, 1.807) is 7.11 Å². The number of nitrogens with one attached hydrogen (secondary N) is 1. The Morgan fingerprint density at radius 2 is 2.05 bits per heavy atom. The van der Waals surface area contributed by atoms with E-state index in [0.717, 1.165) is 50.5 Å². The van der Waals surface area contributed by atoms with E-state index in [1.165, 1.54) is 12.0 Å². The third-order valence-corrected chi connectivity index (χ3v) is 4.63. The molecule has 1 aromatic carbocycles. The molecule has 2 aliphatic heterocycles. The van der Waals surface area contributed by atoms with Crippen LogP contribution in [0.3, 0.4) is 0 Å². The van der Waals surface area contributed by atoms with E-state index in [-0.39, 0.29) is 11.6 Å². The van der Waals surface area contributed by atoms with Gasteiger partial charge in [-0.1, -0.05) is 6.07 Å². The summed E-state index contributed by atoms with van der Waals surface area (Å²) in [6.45, 7) is 4.91. The van der Waals surface area contributed by atoms with Crippen molar-refractivity contribution < 1.29 is 14.2 Å². The van der Waals surface area contributed by atoms with Gasteiger partial charge in [-0.05, 0) is 44.0 Å². The van der Waals surface area contributed by atoms with Crippen LogP contribution in [0.15, 0.2) is 18.2 Å². The minimum Gasteiger partial charge on any atom is -0.493 e. The summed E-state index contributed by atoms with van der Waals surface area (Å²) in [5.41, 5.74) is 1.33. The molecule has 1 unspecified atom stereocenters. The minimum absolute atomic E-state index is 0.0600. The predicted molar refractivity (Wildman–Crippen MR) is 82.1 cm³/mol. The zero-order valence-electron chi connectivity index (χ0n) is 13.0. The van der Waals surface area contributed by atoms with Gasteiger partial charge < -0.3 is 19.5 Å². The molecule has 0 saturated carbocycles. The molecule has 4 nitrogen and oxygen atoms in total. The van der Waals surface area contributed by atoms with E-state index in [4.69, 9.17) is 14.2 Å². The summed E-state index contributed by atoms with van der Waals surface area (Å²) >= 11 is 0. The van der Waals surface area contributed by atoms with E-state index in [9.17, 15) is 0 Å². The second-order valence-electron chi connectivity index (χ2n) is 6.16. The van der Waals surface area contributed by atoms with Gasteiger partial charge in [-0.2, -0.15) is 0 Å². The fourth-order valence-electron chi connectivity index (χ4n) is 3.22. The van der Waals surface area contributed by atoms with Crippen molar-refractivity contribution in [3.8, 4) is 11.5 Å². The molecule has 2 heterocycles. The maximum atomic E-state index is 6.10.